The monoisotopic (exact) mass is 401 g/mol. The molecule has 0 aromatic carbocycles. The molecule has 0 bridgehead atoms. The summed E-state index contributed by atoms with van der Waals surface area (Å²) in [5.74, 6) is 0.762. The third-order valence-corrected chi connectivity index (χ3v) is 3.65. The van der Waals surface area contributed by atoms with Gasteiger partial charge < -0.3 is 20.8 Å². The molecule has 29 heavy (non-hydrogen) atoms. The molecule has 2 unspecified atom stereocenters. The Hall–Kier alpha value is -3.54. The number of aromatic nitrogens is 3. The van der Waals surface area contributed by atoms with Gasteiger partial charge in [-0.2, -0.15) is 15.6 Å². The van der Waals surface area contributed by atoms with E-state index in [1.807, 2.05) is 6.07 Å². The van der Waals surface area contributed by atoms with Crippen LogP contribution in [0.4, 0.5) is 23.1 Å². The Morgan fingerprint density at radius 2 is 1.76 bits per heavy atom. The summed E-state index contributed by atoms with van der Waals surface area (Å²) in [7, 11) is 0. The van der Waals surface area contributed by atoms with Gasteiger partial charge in [-0.05, 0) is 20.8 Å². The van der Waals surface area contributed by atoms with Crippen LogP contribution in [-0.4, -0.2) is 50.7 Å². The Labute approximate surface area is 170 Å². The lowest BCUT2D eigenvalue weighted by Gasteiger charge is -2.16. The van der Waals surface area contributed by atoms with Gasteiger partial charge in [-0.1, -0.05) is 7.43 Å². The van der Waals surface area contributed by atoms with Gasteiger partial charge in [0.25, 0.3) is 0 Å². The molecule has 11 nitrogen and oxygen atoms in total. The molecule has 0 spiro atoms. The lowest BCUT2D eigenvalue weighted by atomic mass is 10.1. The second-order valence-electron chi connectivity index (χ2n) is 6.17. The zero-order valence-electron chi connectivity index (χ0n) is 15.7. The number of rotatable bonds is 8. The number of anilines is 2. The van der Waals surface area contributed by atoms with Gasteiger partial charge in [-0.15, -0.1) is 10.2 Å². The molecular weight excluding hydrogens is 374 g/mol. The zero-order chi connectivity index (χ0) is 20.7. The van der Waals surface area contributed by atoms with E-state index < -0.39 is 12.2 Å². The van der Waals surface area contributed by atoms with E-state index >= 15 is 0 Å². The first-order valence-electron chi connectivity index (χ1n) is 8.51. The molecule has 2 aromatic heterocycles. The van der Waals surface area contributed by atoms with Crippen LogP contribution in [-0.2, 0) is 0 Å². The molecule has 156 valence electrons. The Morgan fingerprint density at radius 1 is 1.14 bits per heavy atom. The van der Waals surface area contributed by atoms with E-state index in [1.165, 1.54) is 6.20 Å². The lowest BCUT2D eigenvalue weighted by molar-refractivity contribution is 0.208. The number of nitrogens with zero attached hydrogens (tertiary/aromatic N) is 6. The topological polar surface area (TPSA) is 178 Å². The molecule has 5 N–H and O–H groups in total. The summed E-state index contributed by atoms with van der Waals surface area (Å²) < 4.78 is 0. The molecule has 11 heteroatoms. The van der Waals surface area contributed by atoms with Crippen LogP contribution in [0.15, 0.2) is 16.4 Å². The highest BCUT2D eigenvalue weighted by Crippen LogP contribution is 2.34. The summed E-state index contributed by atoms with van der Waals surface area (Å²) in [5.41, 5.74) is 1.27. The van der Waals surface area contributed by atoms with E-state index in [9.17, 15) is 15.5 Å². The fourth-order valence-corrected chi connectivity index (χ4v) is 2.23. The molecule has 0 aliphatic carbocycles. The average molecular weight is 401 g/mol. The highest BCUT2D eigenvalue weighted by molar-refractivity contribution is 5.74. The number of aliphatic hydroxyl groups excluding tert-OH is 2. The molecule has 0 radical (unpaired) electrons. The average Bonchev–Trinajstić information content (AvgIpc) is 3.11. The minimum Gasteiger partial charge on any atom is -0.392 e. The van der Waals surface area contributed by atoms with E-state index in [0.29, 0.717) is 17.1 Å². The van der Waals surface area contributed by atoms with Gasteiger partial charge in [-0.3, -0.25) is 5.10 Å². The van der Waals surface area contributed by atoms with E-state index in [2.05, 4.69) is 42.1 Å². The van der Waals surface area contributed by atoms with Crippen molar-refractivity contribution in [3.8, 4) is 12.1 Å². The molecule has 0 amide bonds. The molecule has 0 saturated carbocycles. The normalized spacial score (nSPS) is 12.5. The van der Waals surface area contributed by atoms with Gasteiger partial charge in [0.05, 0.1) is 24.0 Å². The fraction of sp³-hybridized carbons (Fsp3) is 0.444. The van der Waals surface area contributed by atoms with Gasteiger partial charge in [0.2, 0.25) is 0 Å². The number of nitrogens with one attached hydrogen (secondary N) is 3. The number of aliphatic hydroxyl groups is 2. The summed E-state index contributed by atoms with van der Waals surface area (Å²) in [6.45, 7) is 5.31. The third-order valence-electron chi connectivity index (χ3n) is 3.65. The van der Waals surface area contributed by atoms with Crippen molar-refractivity contribution in [3.63, 3.8) is 0 Å². The van der Waals surface area contributed by atoms with Crippen LogP contribution in [0.1, 0.15) is 39.4 Å². The quantitative estimate of drug-likeness (QED) is 0.419. The standard InChI is InChI=1S/C17H21N9O2.CH4.H2/c1-9(27)6-20-16-13(5-19)11(3)14(17(23-16)21-7-10(2)28)24-26-15-12(4-18)8-22-25-15;;/h8-10,27-28H,6-7H2,1-3H3,(H,22,25)(H2,20,21,23);1H4;1H. The number of azo groups is 1. The van der Waals surface area contributed by atoms with Crippen LogP contribution in [0.3, 0.4) is 0 Å². The Kier molecular flexibility index (Phi) is 8.68. The Bertz CT molecular complexity index is 942. The summed E-state index contributed by atoms with van der Waals surface area (Å²) in [6, 6.07) is 4.02. The van der Waals surface area contributed by atoms with Crippen molar-refractivity contribution in [2.75, 3.05) is 23.7 Å². The zero-order valence-corrected chi connectivity index (χ0v) is 15.7. The smallest absolute Gasteiger partial charge is 0.188 e. The second-order valence-corrected chi connectivity index (χ2v) is 6.17. The van der Waals surface area contributed by atoms with Gasteiger partial charge >= 0.3 is 0 Å². The van der Waals surface area contributed by atoms with Crippen LogP contribution in [0.2, 0.25) is 0 Å². The first kappa shape index (κ1) is 23.5. The second kappa shape index (κ2) is 10.7. The van der Waals surface area contributed by atoms with Crippen LogP contribution < -0.4 is 10.6 Å². The minimum atomic E-state index is -0.644. The number of hydrogen-bond acceptors (Lipinski definition) is 10. The number of H-pyrrole nitrogens is 1. The van der Waals surface area contributed by atoms with Crippen molar-refractivity contribution in [3.05, 3.63) is 22.9 Å². The van der Waals surface area contributed by atoms with E-state index in [-0.39, 0.29) is 44.7 Å². The maximum Gasteiger partial charge on any atom is 0.188 e. The van der Waals surface area contributed by atoms with E-state index in [4.69, 9.17) is 5.26 Å². The molecule has 0 saturated heterocycles. The van der Waals surface area contributed by atoms with Crippen LogP contribution in [0.25, 0.3) is 0 Å². The molecule has 2 aromatic rings. The molecule has 0 aliphatic rings. The Morgan fingerprint density at radius 3 is 2.31 bits per heavy atom. The van der Waals surface area contributed by atoms with Gasteiger partial charge in [0, 0.05) is 20.1 Å². The minimum absolute atomic E-state index is 0. The third kappa shape index (κ3) is 5.97. The summed E-state index contributed by atoms with van der Waals surface area (Å²) >= 11 is 0. The van der Waals surface area contributed by atoms with Gasteiger partial charge in [-0.25, -0.2) is 4.98 Å². The van der Waals surface area contributed by atoms with Crippen molar-refractivity contribution >= 4 is 23.1 Å². The fourth-order valence-electron chi connectivity index (χ4n) is 2.23. The predicted octanol–water partition coefficient (Wildman–Crippen LogP) is 2.74. The number of pyridine rings is 1. The molecular formula is C18H27N9O2. The van der Waals surface area contributed by atoms with Crippen molar-refractivity contribution in [1.82, 2.24) is 15.2 Å². The van der Waals surface area contributed by atoms with Crippen molar-refractivity contribution in [2.45, 2.75) is 40.4 Å². The highest BCUT2D eigenvalue weighted by atomic mass is 16.3. The predicted molar refractivity (Wildman–Crippen MR) is 110 cm³/mol. The molecule has 0 aliphatic heterocycles. The van der Waals surface area contributed by atoms with Crippen molar-refractivity contribution < 1.29 is 11.6 Å². The highest BCUT2D eigenvalue weighted by Gasteiger charge is 2.18. The molecule has 0 fully saturated rings. The van der Waals surface area contributed by atoms with Crippen LogP contribution >= 0.6 is 0 Å². The number of aromatic amines is 1. The van der Waals surface area contributed by atoms with Crippen LogP contribution in [0, 0.1) is 29.6 Å². The van der Waals surface area contributed by atoms with Gasteiger partial charge in [0.15, 0.2) is 11.6 Å². The lowest BCUT2D eigenvalue weighted by Crippen LogP contribution is -2.19. The first-order valence-corrected chi connectivity index (χ1v) is 8.51. The summed E-state index contributed by atoms with van der Waals surface area (Å²) in [5, 5.41) is 58.0. The van der Waals surface area contributed by atoms with Crippen LogP contribution in [0.5, 0.6) is 0 Å². The molecule has 2 atom stereocenters. The number of nitriles is 2. The molecule has 2 heterocycles. The SMILES string of the molecule is C.Cc1c(C#N)c(NCC(C)O)nc(NCC(C)O)c1N=Nc1[nH]ncc1C#N.[HH]. The Balaban J connectivity index is 0.00000420. The first-order chi connectivity index (χ1) is 13.4. The maximum atomic E-state index is 9.57. The van der Waals surface area contributed by atoms with Crippen molar-refractivity contribution in [2.24, 2.45) is 10.2 Å². The summed E-state index contributed by atoms with van der Waals surface area (Å²) in [6.07, 6.45) is 0.0522. The summed E-state index contributed by atoms with van der Waals surface area (Å²) in [4.78, 5) is 4.38. The molecule has 2 rings (SSSR count). The van der Waals surface area contributed by atoms with E-state index in [0.717, 1.165) is 0 Å². The maximum absolute atomic E-state index is 9.57. The van der Waals surface area contributed by atoms with E-state index in [1.54, 1.807) is 20.8 Å². The van der Waals surface area contributed by atoms with Crippen molar-refractivity contribution in [1.29, 1.82) is 10.5 Å². The number of hydrogen-bond donors (Lipinski definition) is 5. The van der Waals surface area contributed by atoms with Gasteiger partial charge in [0.1, 0.15) is 29.2 Å². The largest absolute Gasteiger partial charge is 0.392 e.